The summed E-state index contributed by atoms with van der Waals surface area (Å²) in [5, 5.41) is 3.02. The van der Waals surface area contributed by atoms with Gasteiger partial charge in [0.1, 0.15) is 17.4 Å². The highest BCUT2D eigenvalue weighted by Crippen LogP contribution is 2.22. The van der Waals surface area contributed by atoms with Crippen LogP contribution in [0.2, 0.25) is 0 Å². The van der Waals surface area contributed by atoms with Gasteiger partial charge in [0.05, 0.1) is 5.69 Å². The molecule has 0 unspecified atom stereocenters. The van der Waals surface area contributed by atoms with E-state index in [9.17, 15) is 0 Å². The molecule has 1 aromatic heterocycles. The van der Waals surface area contributed by atoms with Gasteiger partial charge in [-0.05, 0) is 31.0 Å². The molecule has 0 saturated heterocycles. The molecule has 2 nitrogen and oxygen atoms in total. The number of aryl methyl sites for hydroxylation is 1. The molecule has 1 heterocycles. The first-order chi connectivity index (χ1) is 8.20. The Morgan fingerprint density at radius 1 is 1.35 bits per heavy atom. The summed E-state index contributed by atoms with van der Waals surface area (Å²) in [6, 6.07) is 6.10. The lowest BCUT2D eigenvalue weighted by atomic mass is 10.1. The third-order valence-corrected chi connectivity index (χ3v) is 3.86. The van der Waals surface area contributed by atoms with Crippen molar-refractivity contribution in [2.45, 2.75) is 26.2 Å². The fraction of sp³-hybridized carbons (Fsp3) is 0.308. The maximum absolute atomic E-state index is 5.78. The molecule has 1 aromatic carbocycles. The average Bonchev–Trinajstić information content (AvgIpc) is 2.79. The van der Waals surface area contributed by atoms with Crippen LogP contribution in [0.15, 0.2) is 23.6 Å². The van der Waals surface area contributed by atoms with E-state index >= 15 is 0 Å². The normalized spacial score (nSPS) is 10.5. The number of aromatic nitrogens is 1. The largest absolute Gasteiger partial charge is 0.486 e. The van der Waals surface area contributed by atoms with Gasteiger partial charge in [-0.25, -0.2) is 4.98 Å². The summed E-state index contributed by atoms with van der Waals surface area (Å²) >= 11 is 5.81. The van der Waals surface area contributed by atoms with E-state index in [-0.39, 0.29) is 0 Å². The van der Waals surface area contributed by atoms with Crippen LogP contribution in [0, 0.1) is 13.8 Å². The second-order valence-electron chi connectivity index (χ2n) is 3.88. The number of benzene rings is 1. The number of hydrogen-bond acceptors (Lipinski definition) is 4. The van der Waals surface area contributed by atoms with E-state index in [1.807, 2.05) is 17.5 Å². The van der Waals surface area contributed by atoms with E-state index in [1.165, 1.54) is 11.1 Å². The lowest BCUT2D eigenvalue weighted by Gasteiger charge is -2.09. The zero-order valence-corrected chi connectivity index (χ0v) is 11.6. The molecule has 0 aliphatic heterocycles. The Kier molecular flexibility index (Phi) is 4.07. The predicted molar refractivity (Wildman–Crippen MR) is 75.1 cm³/mol. The Morgan fingerprint density at radius 3 is 2.88 bits per heavy atom. The Labute approximate surface area is 111 Å². The van der Waals surface area contributed by atoms with Gasteiger partial charge >= 0.3 is 0 Å². The molecule has 0 radical (unpaired) electrons. The lowest BCUT2D eigenvalue weighted by Crippen LogP contribution is -1.97. The molecule has 0 amide bonds. The molecule has 0 saturated carbocycles. The molecule has 17 heavy (non-hydrogen) atoms. The second kappa shape index (κ2) is 5.56. The summed E-state index contributed by atoms with van der Waals surface area (Å²) in [4.78, 5) is 4.41. The summed E-state index contributed by atoms with van der Waals surface area (Å²) in [5.41, 5.74) is 3.45. The number of hydrogen-bond donors (Lipinski definition) is 1. The van der Waals surface area contributed by atoms with Crippen LogP contribution in [0.3, 0.4) is 0 Å². The monoisotopic (exact) mass is 265 g/mol. The Hall–Kier alpha value is -1.00. The van der Waals surface area contributed by atoms with Crippen molar-refractivity contribution in [3.63, 3.8) is 0 Å². The van der Waals surface area contributed by atoms with Crippen LogP contribution in [0.1, 0.15) is 21.8 Å². The van der Waals surface area contributed by atoms with Crippen LogP contribution < -0.4 is 4.74 Å². The number of ether oxygens (including phenoxy) is 1. The van der Waals surface area contributed by atoms with Gasteiger partial charge in [0.25, 0.3) is 0 Å². The average molecular weight is 265 g/mol. The number of thiol groups is 1. The van der Waals surface area contributed by atoms with Crippen LogP contribution in [0.5, 0.6) is 5.75 Å². The highest BCUT2D eigenvalue weighted by Gasteiger charge is 2.04. The fourth-order valence-electron chi connectivity index (χ4n) is 1.51. The SMILES string of the molecule is Cc1cccc(OCc2nc(CS)cs2)c1C. The van der Waals surface area contributed by atoms with E-state index in [4.69, 9.17) is 4.74 Å². The van der Waals surface area contributed by atoms with Crippen molar-refractivity contribution < 1.29 is 4.74 Å². The molecule has 0 fully saturated rings. The molecule has 0 spiro atoms. The summed E-state index contributed by atoms with van der Waals surface area (Å²) < 4.78 is 5.78. The van der Waals surface area contributed by atoms with Crippen molar-refractivity contribution in [1.82, 2.24) is 4.98 Å². The molecule has 0 bridgehead atoms. The van der Waals surface area contributed by atoms with Crippen LogP contribution in [-0.4, -0.2) is 4.98 Å². The van der Waals surface area contributed by atoms with Crippen molar-refractivity contribution in [2.24, 2.45) is 0 Å². The van der Waals surface area contributed by atoms with Crippen LogP contribution in [-0.2, 0) is 12.4 Å². The van der Waals surface area contributed by atoms with Gasteiger partial charge in [0.2, 0.25) is 0 Å². The molecular formula is C13H15NOS2. The molecule has 2 rings (SSSR count). The minimum Gasteiger partial charge on any atom is -0.486 e. The molecule has 90 valence electrons. The van der Waals surface area contributed by atoms with Crippen molar-refractivity contribution in [3.05, 3.63) is 45.4 Å². The smallest absolute Gasteiger partial charge is 0.140 e. The van der Waals surface area contributed by atoms with Gasteiger partial charge in [-0.3, -0.25) is 0 Å². The second-order valence-corrected chi connectivity index (χ2v) is 5.14. The van der Waals surface area contributed by atoms with E-state index in [0.717, 1.165) is 16.5 Å². The van der Waals surface area contributed by atoms with Crippen molar-refractivity contribution in [1.29, 1.82) is 0 Å². The van der Waals surface area contributed by atoms with Gasteiger partial charge in [-0.15, -0.1) is 11.3 Å². The summed E-state index contributed by atoms with van der Waals surface area (Å²) in [5.74, 6) is 1.62. The lowest BCUT2D eigenvalue weighted by molar-refractivity contribution is 0.303. The fourth-order valence-corrected chi connectivity index (χ4v) is 2.50. The maximum Gasteiger partial charge on any atom is 0.140 e. The standard InChI is InChI=1S/C13H15NOS2/c1-9-4-3-5-12(10(9)2)15-6-13-14-11(7-16)8-17-13/h3-5,8,16H,6-7H2,1-2H3. The maximum atomic E-state index is 5.78. The van der Waals surface area contributed by atoms with Gasteiger partial charge in [-0.2, -0.15) is 12.6 Å². The third-order valence-electron chi connectivity index (χ3n) is 2.67. The van der Waals surface area contributed by atoms with Crippen LogP contribution in [0.25, 0.3) is 0 Å². The minimum atomic E-state index is 0.530. The summed E-state index contributed by atoms with van der Waals surface area (Å²) in [7, 11) is 0. The zero-order valence-electron chi connectivity index (χ0n) is 9.93. The van der Waals surface area contributed by atoms with Crippen molar-refractivity contribution in [3.8, 4) is 5.75 Å². The molecular weight excluding hydrogens is 250 g/mol. The molecule has 0 aliphatic carbocycles. The predicted octanol–water partition coefficient (Wildman–Crippen LogP) is 3.77. The highest BCUT2D eigenvalue weighted by atomic mass is 32.1. The van der Waals surface area contributed by atoms with Gasteiger partial charge in [0.15, 0.2) is 0 Å². The van der Waals surface area contributed by atoms with E-state index in [0.29, 0.717) is 12.4 Å². The van der Waals surface area contributed by atoms with E-state index < -0.39 is 0 Å². The Morgan fingerprint density at radius 2 is 2.18 bits per heavy atom. The van der Waals surface area contributed by atoms with Gasteiger partial charge in [-0.1, -0.05) is 12.1 Å². The Balaban J connectivity index is 2.04. The number of thiazole rings is 1. The molecule has 4 heteroatoms. The highest BCUT2D eigenvalue weighted by molar-refractivity contribution is 7.79. The molecule has 0 atom stereocenters. The van der Waals surface area contributed by atoms with Gasteiger partial charge in [0, 0.05) is 11.1 Å². The molecule has 2 aromatic rings. The summed E-state index contributed by atoms with van der Waals surface area (Å²) in [6.07, 6.45) is 0. The van der Waals surface area contributed by atoms with E-state index in [1.54, 1.807) is 11.3 Å². The summed E-state index contributed by atoms with van der Waals surface area (Å²) in [6.45, 7) is 4.69. The first-order valence-electron chi connectivity index (χ1n) is 5.44. The zero-order chi connectivity index (χ0) is 12.3. The van der Waals surface area contributed by atoms with Crippen molar-refractivity contribution in [2.75, 3.05) is 0 Å². The van der Waals surface area contributed by atoms with Crippen LogP contribution >= 0.6 is 24.0 Å². The van der Waals surface area contributed by atoms with Gasteiger partial charge < -0.3 is 4.74 Å². The number of nitrogens with zero attached hydrogens (tertiary/aromatic N) is 1. The first kappa shape index (κ1) is 12.5. The quantitative estimate of drug-likeness (QED) is 0.850. The molecule has 0 N–H and O–H groups in total. The number of rotatable bonds is 4. The van der Waals surface area contributed by atoms with Crippen molar-refractivity contribution >= 4 is 24.0 Å². The minimum absolute atomic E-state index is 0.530. The topological polar surface area (TPSA) is 22.1 Å². The third kappa shape index (κ3) is 3.01. The Bertz CT molecular complexity index is 508. The van der Waals surface area contributed by atoms with E-state index in [2.05, 4.69) is 37.5 Å². The first-order valence-corrected chi connectivity index (χ1v) is 6.95. The molecule has 0 aliphatic rings. The van der Waals surface area contributed by atoms with Crippen LogP contribution in [0.4, 0.5) is 0 Å².